The zero-order valence-electron chi connectivity index (χ0n) is 18.2. The maximum absolute atomic E-state index is 12.9. The lowest BCUT2D eigenvalue weighted by Crippen LogP contribution is -2.27. The number of nitro benzene ring substituents is 1. The smallest absolute Gasteiger partial charge is 0.269 e. The maximum Gasteiger partial charge on any atom is 0.269 e. The molecule has 4 rings (SSSR count). The van der Waals surface area contributed by atoms with Gasteiger partial charge in [0.1, 0.15) is 22.4 Å². The molecule has 0 aliphatic carbocycles. The minimum Gasteiger partial charge on any atom is -0.497 e. The molecule has 0 radical (unpaired) electrons. The van der Waals surface area contributed by atoms with E-state index in [0.717, 1.165) is 16.9 Å². The topological polar surface area (TPSA) is 81.9 Å². The highest BCUT2D eigenvalue weighted by molar-refractivity contribution is 8.26. The largest absolute Gasteiger partial charge is 0.497 e. The van der Waals surface area contributed by atoms with Crippen LogP contribution in [-0.2, 0) is 17.9 Å². The Hall–Kier alpha value is -3.69. The average molecular weight is 493 g/mol. The van der Waals surface area contributed by atoms with Crippen molar-refractivity contribution in [1.82, 2.24) is 4.90 Å². The summed E-state index contributed by atoms with van der Waals surface area (Å²) < 4.78 is 11.4. The van der Waals surface area contributed by atoms with Gasteiger partial charge in [0.05, 0.1) is 23.5 Å². The van der Waals surface area contributed by atoms with Gasteiger partial charge in [-0.05, 0) is 47.0 Å². The van der Waals surface area contributed by atoms with Gasteiger partial charge in [0.2, 0.25) is 0 Å². The van der Waals surface area contributed by atoms with E-state index in [-0.39, 0.29) is 18.2 Å². The Morgan fingerprint density at radius 1 is 1.03 bits per heavy atom. The molecule has 9 heteroatoms. The van der Waals surface area contributed by atoms with Crippen molar-refractivity contribution in [1.29, 1.82) is 0 Å². The zero-order chi connectivity index (χ0) is 24.1. The number of benzene rings is 3. The monoisotopic (exact) mass is 492 g/mol. The molecule has 0 unspecified atom stereocenters. The summed E-state index contributed by atoms with van der Waals surface area (Å²) in [6.07, 6.45) is 1.80. The average Bonchev–Trinajstić information content (AvgIpc) is 3.11. The Morgan fingerprint density at radius 2 is 1.74 bits per heavy atom. The van der Waals surface area contributed by atoms with Gasteiger partial charge in [-0.15, -0.1) is 0 Å². The van der Waals surface area contributed by atoms with Crippen LogP contribution in [0.2, 0.25) is 0 Å². The van der Waals surface area contributed by atoms with Crippen molar-refractivity contribution < 1.29 is 19.2 Å². The number of ether oxygens (including phenoxy) is 2. The van der Waals surface area contributed by atoms with Gasteiger partial charge in [0, 0.05) is 12.1 Å². The number of rotatable bonds is 8. The molecule has 1 amide bonds. The molecule has 7 nitrogen and oxygen atoms in total. The summed E-state index contributed by atoms with van der Waals surface area (Å²) >= 11 is 6.70. The van der Waals surface area contributed by atoms with Gasteiger partial charge in [-0.2, -0.15) is 0 Å². The molecule has 0 spiro atoms. The Kier molecular flexibility index (Phi) is 7.24. The molecular formula is C25H20N2O5S2. The molecule has 1 saturated heterocycles. The highest BCUT2D eigenvalue weighted by atomic mass is 32.2. The minimum absolute atomic E-state index is 0.0285. The van der Waals surface area contributed by atoms with Gasteiger partial charge in [0.25, 0.3) is 11.6 Å². The Balaban J connectivity index is 1.38. The lowest BCUT2D eigenvalue weighted by molar-refractivity contribution is -0.384. The summed E-state index contributed by atoms with van der Waals surface area (Å²) in [5.41, 5.74) is 2.54. The molecule has 3 aromatic rings. The first kappa shape index (κ1) is 23.5. The Morgan fingerprint density at radius 3 is 2.41 bits per heavy atom. The standard InChI is InChI=1S/C25H20N2O5S2/c1-31-21-9-7-18(8-10-21)15-26-24(28)23(34-25(26)33)14-17-5-11-22(12-6-17)32-16-19-3-2-4-20(13-19)27(29)30/h2-14H,15-16H2,1H3. The van der Waals surface area contributed by atoms with E-state index in [1.807, 2.05) is 36.4 Å². The maximum atomic E-state index is 12.9. The van der Waals surface area contributed by atoms with E-state index in [1.54, 1.807) is 42.4 Å². The fourth-order valence-electron chi connectivity index (χ4n) is 3.29. The van der Waals surface area contributed by atoms with Crippen molar-refractivity contribution in [2.75, 3.05) is 7.11 Å². The van der Waals surface area contributed by atoms with Crippen LogP contribution in [0.4, 0.5) is 5.69 Å². The number of methoxy groups -OCH3 is 1. The third kappa shape index (κ3) is 5.62. The van der Waals surface area contributed by atoms with Crippen LogP contribution in [-0.4, -0.2) is 27.2 Å². The van der Waals surface area contributed by atoms with E-state index in [2.05, 4.69) is 0 Å². The van der Waals surface area contributed by atoms with Crippen LogP contribution >= 0.6 is 24.0 Å². The molecule has 1 aliphatic rings. The van der Waals surface area contributed by atoms with Crippen LogP contribution in [0.15, 0.2) is 77.7 Å². The third-order valence-electron chi connectivity index (χ3n) is 5.08. The van der Waals surface area contributed by atoms with Gasteiger partial charge >= 0.3 is 0 Å². The lowest BCUT2D eigenvalue weighted by Gasteiger charge is -2.14. The molecule has 3 aromatic carbocycles. The molecule has 0 N–H and O–H groups in total. The highest BCUT2D eigenvalue weighted by Gasteiger charge is 2.31. The predicted octanol–water partition coefficient (Wildman–Crippen LogP) is 5.58. The number of nitrogens with zero attached hydrogens (tertiary/aromatic N) is 2. The number of thiocarbonyl (C=S) groups is 1. The van der Waals surface area contributed by atoms with E-state index in [4.69, 9.17) is 21.7 Å². The van der Waals surface area contributed by atoms with E-state index < -0.39 is 4.92 Å². The molecule has 1 heterocycles. The fraction of sp³-hybridized carbons (Fsp3) is 0.120. The summed E-state index contributed by atoms with van der Waals surface area (Å²) in [5, 5.41) is 10.9. The van der Waals surface area contributed by atoms with Crippen LogP contribution in [0.25, 0.3) is 6.08 Å². The van der Waals surface area contributed by atoms with E-state index in [9.17, 15) is 14.9 Å². The van der Waals surface area contributed by atoms with Crippen molar-refractivity contribution in [2.24, 2.45) is 0 Å². The number of hydrogen-bond donors (Lipinski definition) is 0. The molecule has 0 saturated carbocycles. The van der Waals surface area contributed by atoms with Crippen molar-refractivity contribution in [3.05, 3.63) is 105 Å². The molecule has 0 atom stereocenters. The number of hydrogen-bond acceptors (Lipinski definition) is 7. The lowest BCUT2D eigenvalue weighted by atomic mass is 10.2. The molecule has 0 bridgehead atoms. The second kappa shape index (κ2) is 10.5. The minimum atomic E-state index is -0.433. The summed E-state index contributed by atoms with van der Waals surface area (Å²) in [7, 11) is 1.61. The summed E-state index contributed by atoms with van der Waals surface area (Å²) in [6, 6.07) is 21.1. The number of non-ortho nitro benzene ring substituents is 1. The van der Waals surface area contributed by atoms with Gasteiger partial charge in [-0.3, -0.25) is 19.8 Å². The van der Waals surface area contributed by atoms with Gasteiger partial charge in [0.15, 0.2) is 0 Å². The van der Waals surface area contributed by atoms with Crippen LogP contribution in [0.5, 0.6) is 11.5 Å². The van der Waals surface area contributed by atoms with Crippen molar-refractivity contribution in [3.8, 4) is 11.5 Å². The van der Waals surface area contributed by atoms with Crippen LogP contribution < -0.4 is 9.47 Å². The number of nitro groups is 1. The van der Waals surface area contributed by atoms with Gasteiger partial charge in [-0.1, -0.05) is 60.4 Å². The molecule has 172 valence electrons. The van der Waals surface area contributed by atoms with E-state index in [1.165, 1.54) is 23.9 Å². The molecular weight excluding hydrogens is 472 g/mol. The second-order valence-electron chi connectivity index (χ2n) is 7.40. The van der Waals surface area contributed by atoms with Gasteiger partial charge in [-0.25, -0.2) is 0 Å². The second-order valence-corrected chi connectivity index (χ2v) is 9.08. The first-order valence-electron chi connectivity index (χ1n) is 10.3. The normalized spacial score (nSPS) is 14.5. The van der Waals surface area contributed by atoms with Crippen molar-refractivity contribution in [3.63, 3.8) is 0 Å². The fourth-order valence-corrected chi connectivity index (χ4v) is 4.54. The molecule has 0 aromatic heterocycles. The van der Waals surface area contributed by atoms with Crippen LogP contribution in [0, 0.1) is 10.1 Å². The third-order valence-corrected chi connectivity index (χ3v) is 6.46. The van der Waals surface area contributed by atoms with Crippen LogP contribution in [0.3, 0.4) is 0 Å². The highest BCUT2D eigenvalue weighted by Crippen LogP contribution is 2.34. The summed E-state index contributed by atoms with van der Waals surface area (Å²) in [6.45, 7) is 0.613. The van der Waals surface area contributed by atoms with Crippen molar-refractivity contribution >= 4 is 46.0 Å². The summed E-state index contributed by atoms with van der Waals surface area (Å²) in [4.78, 5) is 25.5. The molecule has 34 heavy (non-hydrogen) atoms. The van der Waals surface area contributed by atoms with E-state index in [0.29, 0.717) is 27.1 Å². The Labute approximate surface area is 206 Å². The predicted molar refractivity (Wildman–Crippen MR) is 136 cm³/mol. The number of amides is 1. The summed E-state index contributed by atoms with van der Waals surface area (Å²) in [5.74, 6) is 1.25. The number of carbonyl (C=O) groups is 1. The number of thioether (sulfide) groups is 1. The molecule has 1 aliphatic heterocycles. The Bertz CT molecular complexity index is 1260. The zero-order valence-corrected chi connectivity index (χ0v) is 19.8. The van der Waals surface area contributed by atoms with Crippen molar-refractivity contribution in [2.45, 2.75) is 13.2 Å². The van der Waals surface area contributed by atoms with Gasteiger partial charge < -0.3 is 9.47 Å². The quantitative estimate of drug-likeness (QED) is 0.176. The molecule has 1 fully saturated rings. The SMILES string of the molecule is COc1ccc(CN2C(=O)C(=Cc3ccc(OCc4cccc([N+](=O)[O-])c4)cc3)SC2=S)cc1. The van der Waals surface area contributed by atoms with E-state index >= 15 is 0 Å². The number of carbonyl (C=O) groups excluding carboxylic acids is 1. The first-order chi connectivity index (χ1) is 16.4. The first-order valence-corrected chi connectivity index (χ1v) is 11.5. The van der Waals surface area contributed by atoms with Crippen LogP contribution in [0.1, 0.15) is 16.7 Å².